The molecule has 0 spiro atoms. The SMILES string of the molecule is CCNC(=NCc1cccc(-c2ncn[nH]2)c1)NC1CCc2nc(C(C)C)nn2C1.I. The molecule has 1 atom stereocenters. The first-order valence-electron chi connectivity index (χ1n) is 10.6. The Morgan fingerprint density at radius 3 is 2.97 bits per heavy atom. The second-order valence-electron chi connectivity index (χ2n) is 7.83. The molecule has 166 valence electrons. The summed E-state index contributed by atoms with van der Waals surface area (Å²) in [5, 5.41) is 18.4. The average molecular weight is 535 g/mol. The van der Waals surface area contributed by atoms with Gasteiger partial charge in [0.2, 0.25) is 0 Å². The van der Waals surface area contributed by atoms with Crippen LogP contribution in [0.15, 0.2) is 35.6 Å². The zero-order chi connectivity index (χ0) is 20.9. The van der Waals surface area contributed by atoms with E-state index >= 15 is 0 Å². The summed E-state index contributed by atoms with van der Waals surface area (Å²) in [5.74, 6) is 3.94. The molecule has 31 heavy (non-hydrogen) atoms. The van der Waals surface area contributed by atoms with Crippen molar-refractivity contribution in [3.05, 3.63) is 47.8 Å². The molecule has 0 amide bonds. The first kappa shape index (κ1) is 23.2. The van der Waals surface area contributed by atoms with Crippen LogP contribution in [0, 0.1) is 0 Å². The number of hydrogen-bond donors (Lipinski definition) is 3. The van der Waals surface area contributed by atoms with E-state index in [4.69, 9.17) is 4.99 Å². The molecule has 9 nitrogen and oxygen atoms in total. The van der Waals surface area contributed by atoms with E-state index in [1.54, 1.807) is 0 Å². The highest BCUT2D eigenvalue weighted by atomic mass is 127. The van der Waals surface area contributed by atoms with Crippen LogP contribution in [0.1, 0.15) is 50.3 Å². The first-order chi connectivity index (χ1) is 14.6. The number of aryl methyl sites for hydroxylation is 1. The number of nitrogens with one attached hydrogen (secondary N) is 3. The van der Waals surface area contributed by atoms with Gasteiger partial charge in [-0.15, -0.1) is 24.0 Å². The normalized spacial score (nSPS) is 16.0. The molecule has 3 aromatic rings. The monoisotopic (exact) mass is 535 g/mol. The van der Waals surface area contributed by atoms with Crippen LogP contribution in [0.5, 0.6) is 0 Å². The fraction of sp³-hybridized carbons (Fsp3) is 0.476. The number of aromatic amines is 1. The van der Waals surface area contributed by atoms with E-state index in [1.165, 1.54) is 6.33 Å². The van der Waals surface area contributed by atoms with Gasteiger partial charge in [-0.25, -0.2) is 19.6 Å². The number of benzene rings is 1. The first-order valence-corrected chi connectivity index (χ1v) is 10.6. The van der Waals surface area contributed by atoms with Crippen molar-refractivity contribution in [3.8, 4) is 11.4 Å². The van der Waals surface area contributed by atoms with Crippen LogP contribution < -0.4 is 10.6 Å². The number of H-pyrrole nitrogens is 1. The summed E-state index contributed by atoms with van der Waals surface area (Å²) in [6, 6.07) is 8.47. The summed E-state index contributed by atoms with van der Waals surface area (Å²) in [5.41, 5.74) is 2.12. The number of fused-ring (bicyclic) bond motifs is 1. The third-order valence-corrected chi connectivity index (χ3v) is 5.11. The molecule has 4 rings (SSSR count). The van der Waals surface area contributed by atoms with Gasteiger partial charge in [-0.3, -0.25) is 5.10 Å². The molecule has 0 fully saturated rings. The topological polar surface area (TPSA) is 109 Å². The maximum absolute atomic E-state index is 4.79. The lowest BCUT2D eigenvalue weighted by molar-refractivity contribution is 0.391. The van der Waals surface area contributed by atoms with E-state index in [0.29, 0.717) is 12.5 Å². The molecule has 3 N–H and O–H groups in total. The van der Waals surface area contributed by atoms with Crippen molar-refractivity contribution in [2.24, 2.45) is 4.99 Å². The van der Waals surface area contributed by atoms with Crippen LogP contribution in [-0.2, 0) is 19.5 Å². The number of aromatic nitrogens is 6. The van der Waals surface area contributed by atoms with Crippen LogP contribution >= 0.6 is 24.0 Å². The summed E-state index contributed by atoms with van der Waals surface area (Å²) in [6.45, 7) is 8.53. The lowest BCUT2D eigenvalue weighted by Crippen LogP contribution is -2.47. The lowest BCUT2D eigenvalue weighted by Gasteiger charge is -2.25. The van der Waals surface area contributed by atoms with Crippen molar-refractivity contribution in [2.75, 3.05) is 6.54 Å². The van der Waals surface area contributed by atoms with Crippen molar-refractivity contribution < 1.29 is 0 Å². The van der Waals surface area contributed by atoms with Gasteiger partial charge in [0.1, 0.15) is 12.2 Å². The Hall–Kier alpha value is -2.50. The highest BCUT2D eigenvalue weighted by Crippen LogP contribution is 2.18. The van der Waals surface area contributed by atoms with Gasteiger partial charge in [-0.05, 0) is 25.0 Å². The standard InChI is InChI=1S/C21H29N9.HI/c1-4-22-21(23-11-15-6-5-7-16(10-15)20-24-13-25-28-20)26-17-8-9-18-27-19(14(2)3)29-30(18)12-17;/h5-7,10,13-14,17H,4,8-9,11-12H2,1-3H3,(H2,22,23,26)(H,24,25,28);1H. The Bertz CT molecular complexity index is 994. The fourth-order valence-electron chi connectivity index (χ4n) is 3.54. The zero-order valence-corrected chi connectivity index (χ0v) is 20.5. The Kier molecular flexibility index (Phi) is 7.99. The molecule has 1 aliphatic rings. The van der Waals surface area contributed by atoms with E-state index in [2.05, 4.69) is 68.8 Å². The molecule has 0 radical (unpaired) electrons. The van der Waals surface area contributed by atoms with Gasteiger partial charge in [0.25, 0.3) is 0 Å². The molecule has 0 saturated carbocycles. The second-order valence-corrected chi connectivity index (χ2v) is 7.83. The molecule has 0 bridgehead atoms. The van der Waals surface area contributed by atoms with Gasteiger partial charge in [0.15, 0.2) is 17.6 Å². The third-order valence-electron chi connectivity index (χ3n) is 5.11. The van der Waals surface area contributed by atoms with E-state index in [9.17, 15) is 0 Å². The Morgan fingerprint density at radius 1 is 1.35 bits per heavy atom. The van der Waals surface area contributed by atoms with Gasteiger partial charge < -0.3 is 10.6 Å². The average Bonchev–Trinajstić information content (AvgIpc) is 3.42. The van der Waals surface area contributed by atoms with E-state index < -0.39 is 0 Å². The van der Waals surface area contributed by atoms with Gasteiger partial charge in [-0.1, -0.05) is 32.0 Å². The molecule has 1 aliphatic heterocycles. The van der Waals surface area contributed by atoms with Gasteiger partial charge in [0.05, 0.1) is 13.1 Å². The van der Waals surface area contributed by atoms with Gasteiger partial charge in [-0.2, -0.15) is 10.2 Å². The summed E-state index contributed by atoms with van der Waals surface area (Å²) in [7, 11) is 0. The van der Waals surface area contributed by atoms with Crippen LogP contribution in [0.4, 0.5) is 0 Å². The number of aliphatic imine (C=N–C) groups is 1. The number of halogens is 1. The van der Waals surface area contributed by atoms with E-state index in [-0.39, 0.29) is 30.0 Å². The maximum atomic E-state index is 4.79. The second kappa shape index (κ2) is 10.7. The number of guanidine groups is 1. The minimum atomic E-state index is 0. The van der Waals surface area contributed by atoms with Crippen molar-refractivity contribution in [1.82, 2.24) is 40.6 Å². The zero-order valence-electron chi connectivity index (χ0n) is 18.2. The van der Waals surface area contributed by atoms with Crippen molar-refractivity contribution in [3.63, 3.8) is 0 Å². The summed E-state index contributed by atoms with van der Waals surface area (Å²) in [6.07, 6.45) is 3.46. The summed E-state index contributed by atoms with van der Waals surface area (Å²) >= 11 is 0. The van der Waals surface area contributed by atoms with Crippen molar-refractivity contribution in [2.45, 2.75) is 58.7 Å². The van der Waals surface area contributed by atoms with Crippen molar-refractivity contribution in [1.29, 1.82) is 0 Å². The Morgan fingerprint density at radius 2 is 2.23 bits per heavy atom. The minimum absolute atomic E-state index is 0. The molecular weight excluding hydrogens is 505 g/mol. The molecule has 1 unspecified atom stereocenters. The predicted octanol–water partition coefficient (Wildman–Crippen LogP) is 2.87. The molecule has 2 aromatic heterocycles. The smallest absolute Gasteiger partial charge is 0.191 e. The van der Waals surface area contributed by atoms with Crippen LogP contribution in [-0.4, -0.2) is 48.5 Å². The number of nitrogens with zero attached hydrogens (tertiary/aromatic N) is 6. The molecule has 10 heteroatoms. The molecule has 3 heterocycles. The predicted molar refractivity (Wildman–Crippen MR) is 131 cm³/mol. The van der Waals surface area contributed by atoms with Crippen molar-refractivity contribution >= 4 is 29.9 Å². The summed E-state index contributed by atoms with van der Waals surface area (Å²) in [4.78, 5) is 13.7. The number of hydrogen-bond acceptors (Lipinski definition) is 5. The molecule has 0 aliphatic carbocycles. The van der Waals surface area contributed by atoms with Gasteiger partial charge in [0, 0.05) is 30.5 Å². The van der Waals surface area contributed by atoms with Crippen LogP contribution in [0.25, 0.3) is 11.4 Å². The molecule has 0 saturated heterocycles. The Balaban J connectivity index is 0.00000272. The third kappa shape index (κ3) is 5.81. The van der Waals surface area contributed by atoms with E-state index in [0.717, 1.165) is 60.5 Å². The van der Waals surface area contributed by atoms with Gasteiger partial charge >= 0.3 is 0 Å². The Labute approximate surface area is 199 Å². The molecule has 1 aromatic carbocycles. The molecular formula is C21H30IN9. The van der Waals surface area contributed by atoms with Crippen LogP contribution in [0.3, 0.4) is 0 Å². The largest absolute Gasteiger partial charge is 0.357 e. The highest BCUT2D eigenvalue weighted by molar-refractivity contribution is 14.0. The number of rotatable bonds is 6. The van der Waals surface area contributed by atoms with Crippen LogP contribution in [0.2, 0.25) is 0 Å². The quantitative estimate of drug-likeness (QED) is 0.255. The lowest BCUT2D eigenvalue weighted by atomic mass is 10.1. The van der Waals surface area contributed by atoms with E-state index in [1.807, 2.05) is 16.8 Å². The minimum Gasteiger partial charge on any atom is -0.357 e. The summed E-state index contributed by atoms with van der Waals surface area (Å²) < 4.78 is 2.04. The maximum Gasteiger partial charge on any atom is 0.191 e. The highest BCUT2D eigenvalue weighted by Gasteiger charge is 2.23. The fourth-order valence-corrected chi connectivity index (χ4v) is 3.54.